The Morgan fingerprint density at radius 1 is 1.25 bits per heavy atom. The molecule has 2 rings (SSSR count). The van der Waals surface area contributed by atoms with Gasteiger partial charge in [-0.15, -0.1) is 0 Å². The molecule has 110 valence electrons. The lowest BCUT2D eigenvalue weighted by atomic mass is 9.95. The van der Waals surface area contributed by atoms with Gasteiger partial charge in [-0.05, 0) is 33.6 Å². The molecule has 0 bridgehead atoms. The summed E-state index contributed by atoms with van der Waals surface area (Å²) in [5.74, 6) is 1.24. The number of carbonyl (C=O) groups excluding carboxylic acids is 1. The number of hydrogen-bond acceptors (Lipinski definition) is 4. The van der Waals surface area contributed by atoms with Crippen molar-refractivity contribution < 1.29 is 4.79 Å². The van der Waals surface area contributed by atoms with Crippen LogP contribution in [0.3, 0.4) is 0 Å². The number of anilines is 1. The Morgan fingerprint density at radius 2 is 1.95 bits per heavy atom. The van der Waals surface area contributed by atoms with E-state index in [0.717, 1.165) is 12.8 Å². The molecular formula is C15H24N4O. The van der Waals surface area contributed by atoms with E-state index in [2.05, 4.69) is 20.6 Å². The molecular weight excluding hydrogens is 252 g/mol. The predicted molar refractivity (Wildman–Crippen MR) is 79.9 cm³/mol. The van der Waals surface area contributed by atoms with E-state index in [1.807, 2.05) is 20.8 Å². The summed E-state index contributed by atoms with van der Waals surface area (Å²) in [6, 6.07) is 2.30. The number of aromatic nitrogens is 2. The molecule has 1 amide bonds. The second-order valence-corrected chi connectivity index (χ2v) is 5.79. The van der Waals surface area contributed by atoms with Gasteiger partial charge in [-0.1, -0.05) is 19.3 Å². The third-order valence-corrected chi connectivity index (χ3v) is 3.45. The van der Waals surface area contributed by atoms with Gasteiger partial charge in [-0.3, -0.25) is 4.79 Å². The number of rotatable bonds is 4. The largest absolute Gasteiger partial charge is 0.368 e. The SMILES string of the molecule is Cc1nc(NC(C)C)cc(C(=O)NC2CCCCC2)n1. The number of nitrogens with zero attached hydrogens (tertiary/aromatic N) is 2. The fourth-order valence-electron chi connectivity index (χ4n) is 2.56. The van der Waals surface area contributed by atoms with Crippen LogP contribution < -0.4 is 10.6 Å². The average molecular weight is 276 g/mol. The third kappa shape index (κ3) is 4.18. The van der Waals surface area contributed by atoms with Gasteiger partial charge in [0.2, 0.25) is 0 Å². The van der Waals surface area contributed by atoms with Gasteiger partial charge in [0.15, 0.2) is 0 Å². The van der Waals surface area contributed by atoms with E-state index in [1.54, 1.807) is 6.07 Å². The number of aryl methyl sites for hydroxylation is 1. The molecule has 1 saturated carbocycles. The van der Waals surface area contributed by atoms with Crippen LogP contribution in [-0.2, 0) is 0 Å². The van der Waals surface area contributed by atoms with Gasteiger partial charge in [0, 0.05) is 18.2 Å². The molecule has 1 aromatic heterocycles. The van der Waals surface area contributed by atoms with E-state index in [9.17, 15) is 4.79 Å². The number of amides is 1. The van der Waals surface area contributed by atoms with Crippen LogP contribution in [0.4, 0.5) is 5.82 Å². The zero-order valence-electron chi connectivity index (χ0n) is 12.6. The molecule has 0 radical (unpaired) electrons. The molecule has 0 aliphatic heterocycles. The van der Waals surface area contributed by atoms with Crippen molar-refractivity contribution in [2.75, 3.05) is 5.32 Å². The minimum atomic E-state index is -0.0887. The van der Waals surface area contributed by atoms with Crippen molar-refractivity contribution in [1.82, 2.24) is 15.3 Å². The third-order valence-electron chi connectivity index (χ3n) is 3.45. The van der Waals surface area contributed by atoms with Crippen LogP contribution >= 0.6 is 0 Å². The van der Waals surface area contributed by atoms with Gasteiger partial charge in [-0.2, -0.15) is 0 Å². The zero-order valence-corrected chi connectivity index (χ0v) is 12.6. The van der Waals surface area contributed by atoms with E-state index in [1.165, 1.54) is 19.3 Å². The number of carbonyl (C=O) groups is 1. The molecule has 20 heavy (non-hydrogen) atoms. The first kappa shape index (κ1) is 14.8. The van der Waals surface area contributed by atoms with Gasteiger partial charge in [0.05, 0.1) is 0 Å². The van der Waals surface area contributed by atoms with E-state index in [-0.39, 0.29) is 11.9 Å². The standard InChI is InChI=1S/C15H24N4O/c1-10(2)16-14-9-13(17-11(3)18-14)15(20)19-12-7-5-4-6-8-12/h9-10,12H,4-8H2,1-3H3,(H,19,20)(H,16,17,18). The van der Waals surface area contributed by atoms with Crippen LogP contribution in [0.1, 0.15) is 62.3 Å². The van der Waals surface area contributed by atoms with Gasteiger partial charge in [-0.25, -0.2) is 9.97 Å². The second kappa shape index (κ2) is 6.68. The smallest absolute Gasteiger partial charge is 0.270 e. The van der Waals surface area contributed by atoms with Crippen molar-refractivity contribution in [1.29, 1.82) is 0 Å². The molecule has 1 fully saturated rings. The summed E-state index contributed by atoms with van der Waals surface area (Å²) in [6.07, 6.45) is 5.84. The summed E-state index contributed by atoms with van der Waals surface area (Å²) in [7, 11) is 0. The van der Waals surface area contributed by atoms with Gasteiger partial charge < -0.3 is 10.6 Å². The van der Waals surface area contributed by atoms with Crippen molar-refractivity contribution in [2.24, 2.45) is 0 Å². The van der Waals surface area contributed by atoms with Crippen LogP contribution in [0, 0.1) is 6.92 Å². The van der Waals surface area contributed by atoms with Crippen LogP contribution in [0.25, 0.3) is 0 Å². The number of hydrogen-bond donors (Lipinski definition) is 2. The molecule has 1 aliphatic carbocycles. The number of nitrogens with one attached hydrogen (secondary N) is 2. The van der Waals surface area contributed by atoms with Crippen molar-refractivity contribution in [3.8, 4) is 0 Å². The second-order valence-electron chi connectivity index (χ2n) is 5.79. The maximum Gasteiger partial charge on any atom is 0.270 e. The van der Waals surface area contributed by atoms with Crippen molar-refractivity contribution in [3.63, 3.8) is 0 Å². The van der Waals surface area contributed by atoms with Crippen LogP contribution in [0.2, 0.25) is 0 Å². The molecule has 5 nitrogen and oxygen atoms in total. The highest BCUT2D eigenvalue weighted by molar-refractivity contribution is 5.93. The topological polar surface area (TPSA) is 66.9 Å². The molecule has 5 heteroatoms. The minimum absolute atomic E-state index is 0.0887. The fourth-order valence-corrected chi connectivity index (χ4v) is 2.56. The van der Waals surface area contributed by atoms with E-state index in [0.29, 0.717) is 23.4 Å². The molecule has 2 N–H and O–H groups in total. The molecule has 1 aromatic rings. The molecule has 0 saturated heterocycles. The highest BCUT2D eigenvalue weighted by Crippen LogP contribution is 2.18. The van der Waals surface area contributed by atoms with Crippen molar-refractivity contribution >= 4 is 11.7 Å². The Hall–Kier alpha value is -1.65. The Kier molecular flexibility index (Phi) is 4.93. The maximum atomic E-state index is 12.3. The first-order chi connectivity index (χ1) is 9.54. The molecule has 0 aromatic carbocycles. The fraction of sp³-hybridized carbons (Fsp3) is 0.667. The summed E-state index contributed by atoms with van der Waals surface area (Å²) in [4.78, 5) is 20.8. The monoisotopic (exact) mass is 276 g/mol. The van der Waals surface area contributed by atoms with E-state index < -0.39 is 0 Å². The quantitative estimate of drug-likeness (QED) is 0.887. The zero-order chi connectivity index (χ0) is 14.5. The summed E-state index contributed by atoms with van der Waals surface area (Å²) >= 11 is 0. The molecule has 0 spiro atoms. The van der Waals surface area contributed by atoms with Crippen molar-refractivity contribution in [3.05, 3.63) is 17.6 Å². The van der Waals surface area contributed by atoms with E-state index >= 15 is 0 Å². The van der Waals surface area contributed by atoms with E-state index in [4.69, 9.17) is 0 Å². The Balaban J connectivity index is 2.06. The first-order valence-electron chi connectivity index (χ1n) is 7.47. The Morgan fingerprint density at radius 3 is 2.60 bits per heavy atom. The van der Waals surface area contributed by atoms with Gasteiger partial charge in [0.25, 0.3) is 5.91 Å². The lowest BCUT2D eigenvalue weighted by Crippen LogP contribution is -2.36. The normalized spacial score (nSPS) is 16.2. The lowest BCUT2D eigenvalue weighted by molar-refractivity contribution is 0.0922. The van der Waals surface area contributed by atoms with Gasteiger partial charge in [0.1, 0.15) is 17.3 Å². The lowest BCUT2D eigenvalue weighted by Gasteiger charge is -2.22. The first-order valence-corrected chi connectivity index (χ1v) is 7.47. The Bertz CT molecular complexity index is 467. The summed E-state index contributed by atoms with van der Waals surface area (Å²) in [5, 5.41) is 6.30. The maximum absolute atomic E-state index is 12.3. The summed E-state index contributed by atoms with van der Waals surface area (Å²) in [6.45, 7) is 5.89. The van der Waals surface area contributed by atoms with Gasteiger partial charge >= 0.3 is 0 Å². The minimum Gasteiger partial charge on any atom is -0.368 e. The van der Waals surface area contributed by atoms with Crippen LogP contribution in [-0.4, -0.2) is 28.0 Å². The predicted octanol–water partition coefficient (Wildman–Crippen LogP) is 2.67. The van der Waals surface area contributed by atoms with Crippen LogP contribution in [0.15, 0.2) is 6.07 Å². The summed E-state index contributed by atoms with van der Waals surface area (Å²) < 4.78 is 0. The molecule has 0 unspecified atom stereocenters. The van der Waals surface area contributed by atoms with Crippen molar-refractivity contribution in [2.45, 2.75) is 65.0 Å². The van der Waals surface area contributed by atoms with Crippen LogP contribution in [0.5, 0.6) is 0 Å². The highest BCUT2D eigenvalue weighted by atomic mass is 16.1. The summed E-state index contributed by atoms with van der Waals surface area (Å²) in [5.41, 5.74) is 0.450. The molecule has 1 heterocycles. The average Bonchev–Trinajstić information content (AvgIpc) is 2.38. The molecule has 0 atom stereocenters. The highest BCUT2D eigenvalue weighted by Gasteiger charge is 2.18. The molecule has 1 aliphatic rings. The Labute approximate surface area is 120 Å².